The van der Waals surface area contributed by atoms with Crippen molar-refractivity contribution in [3.8, 4) is 0 Å². The number of aliphatic hydroxyl groups excluding tert-OH is 1. The van der Waals surface area contributed by atoms with E-state index in [-0.39, 0.29) is 43.3 Å². The third-order valence-corrected chi connectivity index (χ3v) is 9.07. The molecule has 0 aromatic carbocycles. The average molecular weight is 624 g/mol. The molecule has 3 aliphatic rings. The van der Waals surface area contributed by atoms with Crippen LogP contribution in [0.4, 0.5) is 19.3 Å². The van der Waals surface area contributed by atoms with Gasteiger partial charge in [0.15, 0.2) is 0 Å². The van der Waals surface area contributed by atoms with Crippen LogP contribution in [0.3, 0.4) is 0 Å². The molecule has 4 heterocycles. The number of piperazine rings is 1. The SMILES string of the molecule is CCCC(F)(F)c1cc2c(cn1)C(C)(C)CN2C(=O)CN1C[C@@H](C)N(C(=O)OC(C)(C)C)C[C@@H]1CN1CCOC[C@]1(C)CO. The molecule has 4 rings (SSSR count). The maximum absolute atomic E-state index is 14.9. The molecule has 0 aliphatic carbocycles. The Morgan fingerprint density at radius 1 is 1.20 bits per heavy atom. The Balaban J connectivity index is 1.61. The van der Waals surface area contributed by atoms with Gasteiger partial charge < -0.3 is 24.4 Å². The summed E-state index contributed by atoms with van der Waals surface area (Å²) in [5.41, 5.74) is -0.765. The van der Waals surface area contributed by atoms with Crippen LogP contribution in [0.2, 0.25) is 0 Å². The second-order valence-electron chi connectivity index (χ2n) is 14.6. The monoisotopic (exact) mass is 623 g/mol. The quantitative estimate of drug-likeness (QED) is 0.465. The number of aromatic nitrogens is 1. The molecule has 0 radical (unpaired) electrons. The van der Waals surface area contributed by atoms with Gasteiger partial charge >= 0.3 is 6.09 Å². The third-order valence-electron chi connectivity index (χ3n) is 9.07. The standard InChI is InChI=1S/C32H51F2N5O5/c1-9-10-32(33,34)26-13-25-24(14-35-26)30(6,7)19-39(25)27(41)18-36-15-22(2)38(28(42)44-29(3,4)5)17-23(36)16-37-11-12-43-21-31(37,8)20-40/h13-14,22-23,40H,9-12,15-21H2,1-8H3/t22-,23+,31+/m1/s1. The summed E-state index contributed by atoms with van der Waals surface area (Å²) in [6, 6.07) is 0.913. The average Bonchev–Trinajstić information content (AvgIpc) is 3.20. The molecular weight excluding hydrogens is 572 g/mol. The van der Waals surface area contributed by atoms with Crippen molar-refractivity contribution in [3.63, 3.8) is 0 Å². The van der Waals surface area contributed by atoms with Gasteiger partial charge in [-0.15, -0.1) is 0 Å². The number of hydrogen-bond donors (Lipinski definition) is 1. The van der Waals surface area contributed by atoms with E-state index in [4.69, 9.17) is 9.47 Å². The molecule has 44 heavy (non-hydrogen) atoms. The maximum Gasteiger partial charge on any atom is 0.410 e. The fraction of sp³-hybridized carbons (Fsp3) is 0.781. The number of rotatable bonds is 8. The van der Waals surface area contributed by atoms with Gasteiger partial charge in [0.2, 0.25) is 5.91 Å². The molecule has 1 N–H and O–H groups in total. The Morgan fingerprint density at radius 3 is 2.55 bits per heavy atom. The summed E-state index contributed by atoms with van der Waals surface area (Å²) in [7, 11) is 0. The predicted molar refractivity (Wildman–Crippen MR) is 164 cm³/mol. The Hall–Kier alpha value is -2.41. The number of fused-ring (bicyclic) bond motifs is 1. The van der Waals surface area contributed by atoms with Crippen molar-refractivity contribution in [2.45, 2.75) is 103 Å². The number of halogens is 2. The smallest absolute Gasteiger partial charge is 0.410 e. The lowest BCUT2D eigenvalue weighted by Gasteiger charge is -2.50. The van der Waals surface area contributed by atoms with E-state index in [1.807, 2.05) is 48.5 Å². The molecule has 2 amide bonds. The highest BCUT2D eigenvalue weighted by Gasteiger charge is 2.45. The van der Waals surface area contributed by atoms with Crippen molar-refractivity contribution in [1.82, 2.24) is 19.7 Å². The summed E-state index contributed by atoms with van der Waals surface area (Å²) >= 11 is 0. The Kier molecular flexibility index (Phi) is 10.0. The lowest BCUT2D eigenvalue weighted by molar-refractivity contribution is -0.123. The summed E-state index contributed by atoms with van der Waals surface area (Å²) < 4.78 is 41.2. The van der Waals surface area contributed by atoms with E-state index in [0.29, 0.717) is 58.0 Å². The van der Waals surface area contributed by atoms with E-state index in [9.17, 15) is 23.5 Å². The lowest BCUT2D eigenvalue weighted by Crippen LogP contribution is -2.66. The zero-order valence-corrected chi connectivity index (χ0v) is 27.7. The van der Waals surface area contributed by atoms with Gasteiger partial charge in [-0.3, -0.25) is 19.6 Å². The van der Waals surface area contributed by atoms with Crippen LogP contribution in [-0.4, -0.2) is 119 Å². The molecule has 3 atom stereocenters. The van der Waals surface area contributed by atoms with Gasteiger partial charge in [-0.05, 0) is 40.7 Å². The Bertz CT molecular complexity index is 1210. The van der Waals surface area contributed by atoms with E-state index in [1.165, 1.54) is 12.3 Å². The highest BCUT2D eigenvalue weighted by molar-refractivity contribution is 5.97. The van der Waals surface area contributed by atoms with Crippen LogP contribution in [0.15, 0.2) is 12.3 Å². The number of carbonyl (C=O) groups excluding carboxylic acids is 2. The van der Waals surface area contributed by atoms with Crippen molar-refractivity contribution in [1.29, 1.82) is 0 Å². The number of anilines is 1. The van der Waals surface area contributed by atoms with Crippen LogP contribution in [0, 0.1) is 0 Å². The summed E-state index contributed by atoms with van der Waals surface area (Å²) in [6.45, 7) is 18.1. The van der Waals surface area contributed by atoms with Crippen LogP contribution in [0.25, 0.3) is 0 Å². The predicted octanol–water partition coefficient (Wildman–Crippen LogP) is 3.99. The van der Waals surface area contributed by atoms with E-state index in [2.05, 4.69) is 14.8 Å². The number of hydrogen-bond acceptors (Lipinski definition) is 8. The van der Waals surface area contributed by atoms with Gasteiger partial charge in [-0.25, -0.2) is 4.79 Å². The molecule has 10 nitrogen and oxygen atoms in total. The molecule has 0 saturated carbocycles. The first kappa shape index (κ1) is 34.5. The van der Waals surface area contributed by atoms with E-state index < -0.39 is 28.6 Å². The highest BCUT2D eigenvalue weighted by atomic mass is 19.3. The van der Waals surface area contributed by atoms with Crippen LogP contribution >= 0.6 is 0 Å². The normalized spacial score (nSPS) is 26.5. The van der Waals surface area contributed by atoms with Gasteiger partial charge in [0.05, 0.1) is 37.6 Å². The highest BCUT2D eigenvalue weighted by Crippen LogP contribution is 2.43. The summed E-state index contributed by atoms with van der Waals surface area (Å²) in [5, 5.41) is 10.2. The second kappa shape index (κ2) is 12.8. The zero-order chi connectivity index (χ0) is 32.7. The van der Waals surface area contributed by atoms with E-state index >= 15 is 0 Å². The fourth-order valence-electron chi connectivity index (χ4n) is 6.47. The van der Waals surface area contributed by atoms with Crippen molar-refractivity contribution >= 4 is 17.7 Å². The van der Waals surface area contributed by atoms with Crippen molar-refractivity contribution in [3.05, 3.63) is 23.5 Å². The molecule has 1 aromatic heterocycles. The summed E-state index contributed by atoms with van der Waals surface area (Å²) in [5.74, 6) is -3.27. The van der Waals surface area contributed by atoms with Crippen molar-refractivity contribution in [2.24, 2.45) is 0 Å². The Labute approximate surface area is 260 Å². The minimum atomic E-state index is -3.08. The largest absolute Gasteiger partial charge is 0.444 e. The fourth-order valence-corrected chi connectivity index (χ4v) is 6.47. The number of morpholine rings is 1. The first-order valence-electron chi connectivity index (χ1n) is 15.8. The first-order chi connectivity index (χ1) is 20.4. The number of nitrogens with zero attached hydrogens (tertiary/aromatic N) is 5. The van der Waals surface area contributed by atoms with E-state index in [1.54, 1.807) is 16.7 Å². The summed E-state index contributed by atoms with van der Waals surface area (Å²) in [6.07, 6.45) is 1.09. The van der Waals surface area contributed by atoms with Crippen LogP contribution < -0.4 is 4.90 Å². The molecule has 1 aromatic rings. The molecule has 0 spiro atoms. The molecule has 0 unspecified atom stereocenters. The molecule has 12 heteroatoms. The minimum Gasteiger partial charge on any atom is -0.444 e. The number of alkyl halides is 2. The van der Waals surface area contributed by atoms with Crippen LogP contribution in [0.1, 0.15) is 79.5 Å². The molecular formula is C32H51F2N5O5. The van der Waals surface area contributed by atoms with Gasteiger partial charge in [-0.2, -0.15) is 8.78 Å². The third kappa shape index (κ3) is 7.35. The van der Waals surface area contributed by atoms with E-state index in [0.717, 1.165) is 5.56 Å². The van der Waals surface area contributed by atoms with Gasteiger partial charge in [-0.1, -0.05) is 27.2 Å². The van der Waals surface area contributed by atoms with Crippen LogP contribution in [-0.2, 0) is 25.6 Å². The zero-order valence-electron chi connectivity index (χ0n) is 27.7. The first-order valence-corrected chi connectivity index (χ1v) is 15.8. The summed E-state index contributed by atoms with van der Waals surface area (Å²) in [4.78, 5) is 39.0. The molecule has 0 bridgehead atoms. The number of aliphatic hydroxyl groups is 1. The van der Waals surface area contributed by atoms with Gasteiger partial charge in [0, 0.05) is 68.4 Å². The molecule has 2 fully saturated rings. The van der Waals surface area contributed by atoms with Gasteiger partial charge in [0.1, 0.15) is 11.3 Å². The second-order valence-corrected chi connectivity index (χ2v) is 14.6. The number of carbonyl (C=O) groups is 2. The number of pyridine rings is 1. The maximum atomic E-state index is 14.9. The molecule has 3 aliphatic heterocycles. The number of ether oxygens (including phenoxy) is 2. The molecule has 248 valence electrons. The topological polar surface area (TPSA) is 98.7 Å². The Morgan fingerprint density at radius 2 is 1.91 bits per heavy atom. The van der Waals surface area contributed by atoms with Crippen LogP contribution in [0.5, 0.6) is 0 Å². The van der Waals surface area contributed by atoms with Crippen molar-refractivity contribution in [2.75, 3.05) is 64.0 Å². The van der Waals surface area contributed by atoms with Gasteiger partial charge in [0.25, 0.3) is 5.92 Å². The minimum absolute atomic E-state index is 0.0515. The number of amides is 2. The molecule has 2 saturated heterocycles. The lowest BCUT2D eigenvalue weighted by atomic mass is 9.88. The van der Waals surface area contributed by atoms with Crippen molar-refractivity contribution < 1.29 is 33.0 Å².